The molecule has 14 heavy (non-hydrogen) atoms. The SMILES string of the molecule is CCc1ccc(C(Cl)CC(C)C)cc1. The number of benzene rings is 1. The van der Waals surface area contributed by atoms with Gasteiger partial charge in [0.05, 0.1) is 5.38 Å². The van der Waals surface area contributed by atoms with Crippen LogP contribution in [-0.4, -0.2) is 0 Å². The highest BCUT2D eigenvalue weighted by Gasteiger charge is 2.09. The summed E-state index contributed by atoms with van der Waals surface area (Å²) in [7, 11) is 0. The smallest absolute Gasteiger partial charge is 0.0587 e. The molecule has 0 amide bonds. The highest BCUT2D eigenvalue weighted by atomic mass is 35.5. The predicted molar refractivity (Wildman–Crippen MR) is 63.9 cm³/mol. The summed E-state index contributed by atoms with van der Waals surface area (Å²) < 4.78 is 0. The van der Waals surface area contributed by atoms with Crippen molar-refractivity contribution >= 4 is 11.6 Å². The van der Waals surface area contributed by atoms with Gasteiger partial charge in [0.15, 0.2) is 0 Å². The van der Waals surface area contributed by atoms with E-state index in [1.165, 1.54) is 11.1 Å². The summed E-state index contributed by atoms with van der Waals surface area (Å²) >= 11 is 6.30. The maximum absolute atomic E-state index is 6.30. The van der Waals surface area contributed by atoms with Gasteiger partial charge in [-0.25, -0.2) is 0 Å². The Bertz CT molecular complexity index is 261. The fourth-order valence-electron chi connectivity index (χ4n) is 1.51. The van der Waals surface area contributed by atoms with Crippen LogP contribution < -0.4 is 0 Å². The minimum Gasteiger partial charge on any atom is -0.118 e. The largest absolute Gasteiger partial charge is 0.118 e. The monoisotopic (exact) mass is 210 g/mol. The van der Waals surface area contributed by atoms with Crippen molar-refractivity contribution in [1.29, 1.82) is 0 Å². The second-order valence-corrected chi connectivity index (χ2v) is 4.72. The Labute approximate surface area is 92.3 Å². The van der Waals surface area contributed by atoms with E-state index in [2.05, 4.69) is 45.0 Å². The van der Waals surface area contributed by atoms with Crippen molar-refractivity contribution < 1.29 is 0 Å². The molecule has 0 spiro atoms. The van der Waals surface area contributed by atoms with Crippen molar-refractivity contribution in [2.75, 3.05) is 0 Å². The second kappa shape index (κ2) is 5.41. The van der Waals surface area contributed by atoms with E-state index < -0.39 is 0 Å². The van der Waals surface area contributed by atoms with Crippen molar-refractivity contribution in [1.82, 2.24) is 0 Å². The Hall–Kier alpha value is -0.490. The molecule has 0 aliphatic rings. The lowest BCUT2D eigenvalue weighted by Crippen LogP contribution is -1.96. The number of aryl methyl sites for hydroxylation is 1. The molecule has 0 heterocycles. The zero-order valence-corrected chi connectivity index (χ0v) is 10.0. The van der Waals surface area contributed by atoms with Crippen molar-refractivity contribution in [3.63, 3.8) is 0 Å². The van der Waals surface area contributed by atoms with E-state index in [1.807, 2.05) is 0 Å². The van der Waals surface area contributed by atoms with Crippen molar-refractivity contribution in [2.24, 2.45) is 5.92 Å². The first kappa shape index (κ1) is 11.6. The Balaban J connectivity index is 2.66. The zero-order chi connectivity index (χ0) is 10.6. The van der Waals surface area contributed by atoms with E-state index in [9.17, 15) is 0 Å². The molecule has 1 rings (SSSR count). The molecule has 0 aromatic heterocycles. The first-order chi connectivity index (χ1) is 6.63. The second-order valence-electron chi connectivity index (χ2n) is 4.19. The molecule has 0 bridgehead atoms. The predicted octanol–water partition coefficient (Wildman–Crippen LogP) is 4.58. The van der Waals surface area contributed by atoms with E-state index in [-0.39, 0.29) is 5.38 Å². The third-order valence-corrected chi connectivity index (χ3v) is 2.86. The summed E-state index contributed by atoms with van der Waals surface area (Å²) in [4.78, 5) is 0. The minimum absolute atomic E-state index is 0.168. The summed E-state index contributed by atoms with van der Waals surface area (Å²) in [5.41, 5.74) is 2.62. The Kier molecular flexibility index (Phi) is 4.47. The van der Waals surface area contributed by atoms with Crippen LogP contribution in [0.15, 0.2) is 24.3 Å². The van der Waals surface area contributed by atoms with Crippen LogP contribution in [0, 0.1) is 5.92 Å². The Morgan fingerprint density at radius 2 is 1.71 bits per heavy atom. The molecule has 0 saturated carbocycles. The third kappa shape index (κ3) is 3.34. The van der Waals surface area contributed by atoms with Crippen LogP contribution in [0.5, 0.6) is 0 Å². The normalized spacial score (nSPS) is 13.2. The van der Waals surface area contributed by atoms with Gasteiger partial charge in [-0.2, -0.15) is 0 Å². The number of hydrogen-bond donors (Lipinski definition) is 0. The first-order valence-electron chi connectivity index (χ1n) is 5.36. The average molecular weight is 211 g/mol. The summed E-state index contributed by atoms with van der Waals surface area (Å²) in [5.74, 6) is 0.656. The molecule has 0 saturated heterocycles. The molecule has 0 fully saturated rings. The lowest BCUT2D eigenvalue weighted by atomic mass is 10.0. The van der Waals surface area contributed by atoms with E-state index in [0.717, 1.165) is 12.8 Å². The lowest BCUT2D eigenvalue weighted by molar-refractivity contribution is 0.575. The standard InChI is InChI=1S/C13H19Cl/c1-4-11-5-7-12(8-6-11)13(14)9-10(2)3/h5-8,10,13H,4,9H2,1-3H3. The quantitative estimate of drug-likeness (QED) is 0.639. The summed E-state index contributed by atoms with van der Waals surface area (Å²) in [6.45, 7) is 6.58. The fourth-order valence-corrected chi connectivity index (χ4v) is 2.01. The molecule has 1 aromatic carbocycles. The summed E-state index contributed by atoms with van der Waals surface area (Å²) in [6.07, 6.45) is 2.14. The Morgan fingerprint density at radius 1 is 1.14 bits per heavy atom. The van der Waals surface area contributed by atoms with Gasteiger partial charge in [-0.05, 0) is 29.9 Å². The molecule has 1 unspecified atom stereocenters. The van der Waals surface area contributed by atoms with Crippen LogP contribution in [0.2, 0.25) is 0 Å². The number of hydrogen-bond acceptors (Lipinski definition) is 0. The Morgan fingerprint density at radius 3 is 2.14 bits per heavy atom. The van der Waals surface area contributed by atoms with Crippen molar-refractivity contribution in [2.45, 2.75) is 39.0 Å². The highest BCUT2D eigenvalue weighted by Crippen LogP contribution is 2.27. The molecule has 1 aromatic rings. The van der Waals surface area contributed by atoms with Crippen molar-refractivity contribution in [3.05, 3.63) is 35.4 Å². The molecule has 0 N–H and O–H groups in total. The van der Waals surface area contributed by atoms with Crippen LogP contribution in [-0.2, 0) is 6.42 Å². The van der Waals surface area contributed by atoms with Crippen LogP contribution in [0.4, 0.5) is 0 Å². The number of rotatable bonds is 4. The van der Waals surface area contributed by atoms with E-state index >= 15 is 0 Å². The number of alkyl halides is 1. The maximum Gasteiger partial charge on any atom is 0.0587 e. The minimum atomic E-state index is 0.168. The van der Waals surface area contributed by atoms with Gasteiger partial charge in [0.1, 0.15) is 0 Å². The molecule has 0 aliphatic heterocycles. The lowest BCUT2D eigenvalue weighted by Gasteiger charge is -2.12. The first-order valence-corrected chi connectivity index (χ1v) is 5.80. The van der Waals surface area contributed by atoms with Crippen LogP contribution >= 0.6 is 11.6 Å². The summed E-state index contributed by atoms with van der Waals surface area (Å²) in [6, 6.07) is 8.65. The molecule has 1 atom stereocenters. The van der Waals surface area contributed by atoms with Gasteiger partial charge >= 0.3 is 0 Å². The van der Waals surface area contributed by atoms with Gasteiger partial charge < -0.3 is 0 Å². The van der Waals surface area contributed by atoms with E-state index in [0.29, 0.717) is 5.92 Å². The molecule has 1 heteroatoms. The molecule has 78 valence electrons. The molecule has 0 radical (unpaired) electrons. The van der Waals surface area contributed by atoms with Crippen LogP contribution in [0.1, 0.15) is 43.7 Å². The van der Waals surface area contributed by atoms with Gasteiger partial charge in [0.2, 0.25) is 0 Å². The summed E-state index contributed by atoms with van der Waals surface area (Å²) in [5, 5.41) is 0.168. The van der Waals surface area contributed by atoms with Gasteiger partial charge in [-0.15, -0.1) is 11.6 Å². The fraction of sp³-hybridized carbons (Fsp3) is 0.538. The molecular formula is C13H19Cl. The maximum atomic E-state index is 6.30. The molecule has 0 aliphatic carbocycles. The van der Waals surface area contributed by atoms with Gasteiger partial charge in [0, 0.05) is 0 Å². The topological polar surface area (TPSA) is 0 Å². The van der Waals surface area contributed by atoms with Gasteiger partial charge in [-0.1, -0.05) is 45.0 Å². The third-order valence-electron chi connectivity index (χ3n) is 2.43. The van der Waals surface area contributed by atoms with Crippen molar-refractivity contribution in [3.8, 4) is 0 Å². The zero-order valence-electron chi connectivity index (χ0n) is 9.26. The van der Waals surface area contributed by atoms with E-state index in [4.69, 9.17) is 11.6 Å². The average Bonchev–Trinajstić information content (AvgIpc) is 2.17. The highest BCUT2D eigenvalue weighted by molar-refractivity contribution is 6.20. The van der Waals surface area contributed by atoms with Crippen LogP contribution in [0.25, 0.3) is 0 Å². The molecule has 0 nitrogen and oxygen atoms in total. The molecular weight excluding hydrogens is 192 g/mol. The number of halogens is 1. The van der Waals surface area contributed by atoms with E-state index in [1.54, 1.807) is 0 Å². The van der Waals surface area contributed by atoms with Gasteiger partial charge in [-0.3, -0.25) is 0 Å². The van der Waals surface area contributed by atoms with Gasteiger partial charge in [0.25, 0.3) is 0 Å². The van der Waals surface area contributed by atoms with Crippen LogP contribution in [0.3, 0.4) is 0 Å².